The largest absolute Gasteiger partial charge is 0.496 e. The van der Waals surface area contributed by atoms with Crippen LogP contribution in [0.2, 0.25) is 0 Å². The molecule has 27 heavy (non-hydrogen) atoms. The second-order valence-electron chi connectivity index (χ2n) is 5.88. The second kappa shape index (κ2) is 8.17. The Morgan fingerprint density at radius 3 is 2.85 bits per heavy atom. The maximum Gasteiger partial charge on any atom is 0.289 e. The highest BCUT2D eigenvalue weighted by Gasteiger charge is 2.12. The maximum absolute atomic E-state index is 11.8. The molecule has 1 aromatic carbocycles. The van der Waals surface area contributed by atoms with E-state index in [4.69, 9.17) is 4.74 Å². The molecule has 0 saturated carbocycles. The van der Waals surface area contributed by atoms with E-state index in [0.29, 0.717) is 12.2 Å². The van der Waals surface area contributed by atoms with E-state index in [1.54, 1.807) is 19.4 Å². The van der Waals surface area contributed by atoms with Crippen molar-refractivity contribution in [3.8, 4) is 5.75 Å². The van der Waals surface area contributed by atoms with Gasteiger partial charge in [0.1, 0.15) is 11.4 Å². The van der Waals surface area contributed by atoms with Crippen LogP contribution in [0.5, 0.6) is 5.75 Å². The van der Waals surface area contributed by atoms with Gasteiger partial charge in [-0.3, -0.25) is 14.6 Å². The van der Waals surface area contributed by atoms with Crippen molar-refractivity contribution in [2.24, 2.45) is 5.10 Å². The summed E-state index contributed by atoms with van der Waals surface area (Å²) in [6, 6.07) is 7.26. The van der Waals surface area contributed by atoms with E-state index < -0.39 is 0 Å². The number of aromatic nitrogens is 4. The Kier molecular flexibility index (Phi) is 5.70. The minimum absolute atomic E-state index is 0.345. The number of ether oxygens (including phenoxy) is 1. The molecule has 3 rings (SSSR count). The Balaban J connectivity index is 1.77. The summed E-state index contributed by atoms with van der Waals surface area (Å²) in [6.45, 7) is 4.52. The lowest BCUT2D eigenvalue weighted by Crippen LogP contribution is -2.18. The number of benzene rings is 1. The van der Waals surface area contributed by atoms with Crippen molar-refractivity contribution in [2.75, 3.05) is 7.11 Å². The van der Waals surface area contributed by atoms with Crippen LogP contribution >= 0.6 is 15.9 Å². The van der Waals surface area contributed by atoms with Crippen LogP contribution in [0.25, 0.3) is 0 Å². The monoisotopic (exact) mass is 430 g/mol. The Morgan fingerprint density at radius 1 is 1.41 bits per heavy atom. The van der Waals surface area contributed by atoms with Crippen molar-refractivity contribution >= 4 is 28.1 Å². The fourth-order valence-electron chi connectivity index (χ4n) is 2.60. The predicted octanol–water partition coefficient (Wildman–Crippen LogP) is 2.81. The second-order valence-corrected chi connectivity index (χ2v) is 6.68. The fraction of sp³-hybridized carbons (Fsp3) is 0.222. The smallest absolute Gasteiger partial charge is 0.289 e. The van der Waals surface area contributed by atoms with Crippen LogP contribution in [-0.2, 0) is 6.54 Å². The molecule has 9 heteroatoms. The number of hydrogen-bond acceptors (Lipinski definition) is 5. The van der Waals surface area contributed by atoms with Gasteiger partial charge in [-0.15, -0.1) is 0 Å². The van der Waals surface area contributed by atoms with Gasteiger partial charge in [0.2, 0.25) is 0 Å². The summed E-state index contributed by atoms with van der Waals surface area (Å²) < 4.78 is 8.38. The SMILES string of the molecule is COc1ccc(/C=N/NC(=O)c2ccn[nH]2)cc1Cn1nc(C)c(Br)c1C. The van der Waals surface area contributed by atoms with E-state index in [0.717, 1.165) is 32.7 Å². The van der Waals surface area contributed by atoms with E-state index in [-0.39, 0.29) is 5.91 Å². The molecule has 3 aromatic rings. The first-order chi connectivity index (χ1) is 13.0. The predicted molar refractivity (Wildman–Crippen MR) is 105 cm³/mol. The van der Waals surface area contributed by atoms with Crippen LogP contribution in [0.4, 0.5) is 0 Å². The number of carbonyl (C=O) groups excluding carboxylic acids is 1. The van der Waals surface area contributed by atoms with Crippen LogP contribution in [0, 0.1) is 13.8 Å². The van der Waals surface area contributed by atoms with Gasteiger partial charge in [0, 0.05) is 11.8 Å². The number of carbonyl (C=O) groups is 1. The lowest BCUT2D eigenvalue weighted by molar-refractivity contribution is 0.0950. The molecule has 0 atom stereocenters. The van der Waals surface area contributed by atoms with Crippen molar-refractivity contribution in [3.05, 3.63) is 63.1 Å². The number of methoxy groups -OCH3 is 1. The molecule has 2 N–H and O–H groups in total. The van der Waals surface area contributed by atoms with E-state index in [1.807, 2.05) is 36.7 Å². The van der Waals surface area contributed by atoms with Crippen LogP contribution < -0.4 is 10.2 Å². The summed E-state index contributed by atoms with van der Waals surface area (Å²) in [5.74, 6) is 0.405. The fourth-order valence-corrected chi connectivity index (χ4v) is 2.88. The van der Waals surface area contributed by atoms with Gasteiger partial charge in [0.05, 0.1) is 35.7 Å². The highest BCUT2D eigenvalue weighted by molar-refractivity contribution is 9.10. The highest BCUT2D eigenvalue weighted by atomic mass is 79.9. The van der Waals surface area contributed by atoms with Gasteiger partial charge < -0.3 is 4.74 Å². The van der Waals surface area contributed by atoms with Gasteiger partial charge in [-0.1, -0.05) is 0 Å². The standard InChI is InChI=1S/C18H19BrN6O2/c1-11-17(19)12(2)25(24-11)10-14-8-13(4-5-16(14)27-3)9-21-23-18(26)15-6-7-20-22-15/h4-9H,10H2,1-3H3,(H,20,22)(H,23,26)/b21-9+. The Bertz CT molecular complexity index is 978. The average molecular weight is 431 g/mol. The summed E-state index contributed by atoms with van der Waals surface area (Å²) in [5, 5.41) is 14.8. The van der Waals surface area contributed by atoms with Gasteiger partial charge in [0.15, 0.2) is 0 Å². The van der Waals surface area contributed by atoms with Crippen molar-refractivity contribution < 1.29 is 9.53 Å². The van der Waals surface area contributed by atoms with E-state index in [9.17, 15) is 4.79 Å². The number of aryl methyl sites for hydroxylation is 1. The molecule has 1 amide bonds. The minimum atomic E-state index is -0.357. The minimum Gasteiger partial charge on any atom is -0.496 e. The van der Waals surface area contributed by atoms with Gasteiger partial charge >= 0.3 is 0 Å². The first kappa shape index (κ1) is 18.8. The number of halogens is 1. The highest BCUT2D eigenvalue weighted by Crippen LogP contribution is 2.24. The van der Waals surface area contributed by atoms with Crippen LogP contribution in [0.15, 0.2) is 40.0 Å². The number of H-pyrrole nitrogens is 1. The number of nitrogens with zero attached hydrogens (tertiary/aromatic N) is 4. The van der Waals surface area contributed by atoms with Gasteiger partial charge in [-0.25, -0.2) is 5.43 Å². The van der Waals surface area contributed by atoms with Gasteiger partial charge in [0.25, 0.3) is 5.91 Å². The van der Waals surface area contributed by atoms with Crippen molar-refractivity contribution in [2.45, 2.75) is 20.4 Å². The molecule has 0 saturated heterocycles. The molecule has 0 bridgehead atoms. The third-order valence-corrected chi connectivity index (χ3v) is 5.19. The summed E-state index contributed by atoms with van der Waals surface area (Å²) in [7, 11) is 1.63. The maximum atomic E-state index is 11.8. The van der Waals surface area contributed by atoms with Crippen molar-refractivity contribution in [3.63, 3.8) is 0 Å². The Hall–Kier alpha value is -2.94. The van der Waals surface area contributed by atoms with E-state index in [1.165, 1.54) is 6.20 Å². The molecule has 0 radical (unpaired) electrons. The first-order valence-corrected chi connectivity index (χ1v) is 8.98. The topological polar surface area (TPSA) is 97.2 Å². The summed E-state index contributed by atoms with van der Waals surface area (Å²) in [6.07, 6.45) is 3.08. The normalized spacial score (nSPS) is 11.1. The number of amides is 1. The zero-order chi connectivity index (χ0) is 19.4. The average Bonchev–Trinajstić information content (AvgIpc) is 3.28. The molecule has 0 fully saturated rings. The van der Waals surface area contributed by atoms with E-state index >= 15 is 0 Å². The molecule has 0 aliphatic rings. The van der Waals surface area contributed by atoms with E-state index in [2.05, 4.69) is 41.8 Å². The zero-order valence-corrected chi connectivity index (χ0v) is 16.7. The first-order valence-electron chi connectivity index (χ1n) is 8.18. The molecule has 2 heterocycles. The molecule has 0 aliphatic carbocycles. The van der Waals surface area contributed by atoms with Crippen molar-refractivity contribution in [1.82, 2.24) is 25.4 Å². The van der Waals surface area contributed by atoms with Gasteiger partial charge in [-0.05, 0) is 59.6 Å². The quantitative estimate of drug-likeness (QED) is 0.463. The van der Waals surface area contributed by atoms with Crippen LogP contribution in [-0.4, -0.2) is 39.2 Å². The lowest BCUT2D eigenvalue weighted by Gasteiger charge is -2.11. The number of hydrazone groups is 1. The molecular formula is C18H19BrN6O2. The molecule has 2 aromatic heterocycles. The lowest BCUT2D eigenvalue weighted by atomic mass is 10.1. The van der Waals surface area contributed by atoms with Crippen LogP contribution in [0.3, 0.4) is 0 Å². The Labute approximate surface area is 164 Å². The summed E-state index contributed by atoms with van der Waals surface area (Å²) in [4.78, 5) is 11.8. The summed E-state index contributed by atoms with van der Waals surface area (Å²) in [5.41, 5.74) is 6.57. The molecule has 0 aliphatic heterocycles. The third-order valence-electron chi connectivity index (χ3n) is 4.04. The van der Waals surface area contributed by atoms with Crippen molar-refractivity contribution in [1.29, 1.82) is 0 Å². The molecule has 8 nitrogen and oxygen atoms in total. The van der Waals surface area contributed by atoms with Crippen LogP contribution in [0.1, 0.15) is 33.0 Å². The molecule has 0 spiro atoms. The molecule has 0 unspecified atom stereocenters. The third kappa shape index (κ3) is 4.25. The summed E-state index contributed by atoms with van der Waals surface area (Å²) >= 11 is 3.54. The molecular weight excluding hydrogens is 412 g/mol. The zero-order valence-electron chi connectivity index (χ0n) is 15.2. The number of rotatable bonds is 6. The van der Waals surface area contributed by atoms with Gasteiger partial charge in [-0.2, -0.15) is 15.3 Å². The molecule has 140 valence electrons. The number of hydrogen-bond donors (Lipinski definition) is 2. The Morgan fingerprint density at radius 2 is 2.22 bits per heavy atom. The number of aromatic amines is 1. The number of nitrogens with one attached hydrogen (secondary N) is 2.